The van der Waals surface area contributed by atoms with Gasteiger partial charge in [0.15, 0.2) is 0 Å². The van der Waals surface area contributed by atoms with Crippen molar-refractivity contribution in [2.24, 2.45) is 5.92 Å². The third-order valence-electron chi connectivity index (χ3n) is 3.41. The number of alkyl halides is 3. The van der Waals surface area contributed by atoms with Crippen LogP contribution in [0.1, 0.15) is 18.4 Å². The van der Waals surface area contributed by atoms with E-state index >= 15 is 0 Å². The molecule has 0 radical (unpaired) electrons. The molecular formula is C15H20ClF3N2O2. The number of nitrogens with zero attached hydrogens (tertiary/aromatic N) is 1. The number of carbonyl (C=O) groups excluding carboxylic acids is 1. The van der Waals surface area contributed by atoms with Crippen molar-refractivity contribution in [2.45, 2.75) is 25.7 Å². The third-order valence-corrected chi connectivity index (χ3v) is 3.41. The Morgan fingerprint density at radius 2 is 1.91 bits per heavy atom. The van der Waals surface area contributed by atoms with Crippen LogP contribution in [-0.4, -0.2) is 37.3 Å². The Balaban J connectivity index is 0.00000264. The first-order valence-corrected chi connectivity index (χ1v) is 7.13. The molecule has 0 atom stereocenters. The summed E-state index contributed by atoms with van der Waals surface area (Å²) >= 11 is 0. The molecule has 0 aromatic heterocycles. The first kappa shape index (κ1) is 19.6. The molecule has 23 heavy (non-hydrogen) atoms. The van der Waals surface area contributed by atoms with E-state index in [2.05, 4.69) is 10.1 Å². The maximum atomic E-state index is 12.1. The maximum absolute atomic E-state index is 12.1. The number of nitrogens with one attached hydrogen (secondary N) is 1. The molecule has 1 aliphatic carbocycles. The van der Waals surface area contributed by atoms with Crippen LogP contribution in [-0.2, 0) is 11.3 Å². The SMILES string of the molecule is CN(Cc1ccc(OC(F)(F)F)cc1)C(=O)CNCC1CC1.Cl. The molecule has 2 rings (SSSR count). The highest BCUT2D eigenvalue weighted by atomic mass is 35.5. The Kier molecular flexibility index (Phi) is 7.15. The van der Waals surface area contributed by atoms with Crippen molar-refractivity contribution >= 4 is 18.3 Å². The van der Waals surface area contributed by atoms with Gasteiger partial charge in [0.05, 0.1) is 6.54 Å². The fourth-order valence-electron chi connectivity index (χ4n) is 2.00. The van der Waals surface area contributed by atoms with Gasteiger partial charge >= 0.3 is 6.36 Å². The summed E-state index contributed by atoms with van der Waals surface area (Å²) in [6.45, 7) is 1.49. The second kappa shape index (κ2) is 8.40. The molecule has 1 saturated carbocycles. The lowest BCUT2D eigenvalue weighted by molar-refractivity contribution is -0.274. The summed E-state index contributed by atoms with van der Waals surface area (Å²) in [5, 5.41) is 3.11. The van der Waals surface area contributed by atoms with Crippen LogP contribution in [0.25, 0.3) is 0 Å². The molecule has 0 unspecified atom stereocenters. The van der Waals surface area contributed by atoms with E-state index in [0.717, 1.165) is 12.1 Å². The number of likely N-dealkylation sites (N-methyl/N-ethyl adjacent to an activating group) is 1. The molecule has 0 aliphatic heterocycles. The minimum atomic E-state index is -4.69. The van der Waals surface area contributed by atoms with E-state index in [1.807, 2.05) is 0 Å². The van der Waals surface area contributed by atoms with Crippen LogP contribution in [0, 0.1) is 5.92 Å². The van der Waals surface area contributed by atoms with Gasteiger partial charge in [-0.1, -0.05) is 12.1 Å². The standard InChI is InChI=1S/C15H19F3N2O2.ClH/c1-20(14(21)9-19-8-11-2-3-11)10-12-4-6-13(7-5-12)22-15(16,17)18;/h4-7,11,19H,2-3,8-10H2,1H3;1H. The van der Waals surface area contributed by atoms with Gasteiger partial charge in [-0.05, 0) is 43.0 Å². The summed E-state index contributed by atoms with van der Waals surface area (Å²) in [6.07, 6.45) is -2.24. The van der Waals surface area contributed by atoms with Crippen molar-refractivity contribution in [3.63, 3.8) is 0 Å². The minimum absolute atomic E-state index is 0. The zero-order valence-electron chi connectivity index (χ0n) is 12.7. The van der Waals surface area contributed by atoms with Gasteiger partial charge in [-0.2, -0.15) is 0 Å². The highest BCUT2D eigenvalue weighted by Crippen LogP contribution is 2.27. The normalized spacial score (nSPS) is 14.1. The average molecular weight is 353 g/mol. The van der Waals surface area contributed by atoms with Gasteiger partial charge in [0.1, 0.15) is 5.75 Å². The van der Waals surface area contributed by atoms with Crippen molar-refractivity contribution < 1.29 is 22.7 Å². The highest BCUT2D eigenvalue weighted by Gasteiger charge is 2.31. The molecule has 130 valence electrons. The van der Waals surface area contributed by atoms with Crippen molar-refractivity contribution in [3.8, 4) is 5.75 Å². The van der Waals surface area contributed by atoms with E-state index < -0.39 is 6.36 Å². The van der Waals surface area contributed by atoms with E-state index in [-0.39, 0.29) is 30.6 Å². The smallest absolute Gasteiger partial charge is 0.406 e. The number of ether oxygens (including phenoxy) is 1. The van der Waals surface area contributed by atoms with Crippen LogP contribution in [0.4, 0.5) is 13.2 Å². The predicted molar refractivity (Wildman–Crippen MR) is 82.4 cm³/mol. The van der Waals surface area contributed by atoms with Gasteiger partial charge in [-0.15, -0.1) is 25.6 Å². The molecule has 4 nitrogen and oxygen atoms in total. The van der Waals surface area contributed by atoms with Crippen LogP contribution in [0.2, 0.25) is 0 Å². The number of hydrogen-bond donors (Lipinski definition) is 1. The van der Waals surface area contributed by atoms with E-state index in [1.165, 1.54) is 37.1 Å². The summed E-state index contributed by atoms with van der Waals surface area (Å²) in [7, 11) is 1.67. The second-order valence-corrected chi connectivity index (χ2v) is 5.52. The van der Waals surface area contributed by atoms with Crippen molar-refractivity contribution in [3.05, 3.63) is 29.8 Å². The summed E-state index contributed by atoms with van der Waals surface area (Å²) in [5.41, 5.74) is 0.743. The molecule has 1 aromatic rings. The van der Waals surface area contributed by atoms with Gasteiger partial charge < -0.3 is 15.0 Å². The first-order chi connectivity index (χ1) is 10.3. The number of halogens is 4. The zero-order valence-corrected chi connectivity index (χ0v) is 13.5. The molecule has 1 fully saturated rings. The van der Waals surface area contributed by atoms with Crippen LogP contribution in [0.15, 0.2) is 24.3 Å². The Labute approximate surface area is 139 Å². The van der Waals surface area contributed by atoms with Gasteiger partial charge in [-0.3, -0.25) is 4.79 Å². The monoisotopic (exact) mass is 352 g/mol. The van der Waals surface area contributed by atoms with Gasteiger partial charge in [0, 0.05) is 13.6 Å². The predicted octanol–water partition coefficient (Wildman–Crippen LogP) is 2.97. The van der Waals surface area contributed by atoms with Crippen LogP contribution in [0.3, 0.4) is 0 Å². The Bertz CT molecular complexity index is 504. The lowest BCUT2D eigenvalue weighted by atomic mass is 10.2. The van der Waals surface area contributed by atoms with Gasteiger partial charge in [-0.25, -0.2) is 0 Å². The van der Waals surface area contributed by atoms with E-state index in [4.69, 9.17) is 0 Å². The zero-order chi connectivity index (χ0) is 16.2. The molecule has 1 N–H and O–H groups in total. The molecule has 8 heteroatoms. The van der Waals surface area contributed by atoms with Crippen LogP contribution >= 0.6 is 12.4 Å². The van der Waals surface area contributed by atoms with Gasteiger partial charge in [0.25, 0.3) is 0 Å². The summed E-state index contributed by atoms with van der Waals surface area (Å²) in [4.78, 5) is 13.4. The molecule has 1 amide bonds. The van der Waals surface area contributed by atoms with E-state index in [1.54, 1.807) is 11.9 Å². The largest absolute Gasteiger partial charge is 0.573 e. The summed E-state index contributed by atoms with van der Waals surface area (Å²) < 4.78 is 40.0. The molecule has 1 aromatic carbocycles. The minimum Gasteiger partial charge on any atom is -0.406 e. The number of benzene rings is 1. The number of carbonyl (C=O) groups is 1. The molecule has 0 spiro atoms. The Morgan fingerprint density at radius 3 is 2.43 bits per heavy atom. The third kappa shape index (κ3) is 7.56. The maximum Gasteiger partial charge on any atom is 0.573 e. The fourth-order valence-corrected chi connectivity index (χ4v) is 2.00. The lowest BCUT2D eigenvalue weighted by Gasteiger charge is -2.18. The Hall–Kier alpha value is -1.47. The number of rotatable bonds is 7. The fraction of sp³-hybridized carbons (Fsp3) is 0.533. The Morgan fingerprint density at radius 1 is 1.30 bits per heavy atom. The van der Waals surface area contributed by atoms with Crippen molar-refractivity contribution in [1.29, 1.82) is 0 Å². The summed E-state index contributed by atoms with van der Waals surface area (Å²) in [5.74, 6) is 0.395. The van der Waals surface area contributed by atoms with Crippen molar-refractivity contribution in [1.82, 2.24) is 10.2 Å². The highest BCUT2D eigenvalue weighted by molar-refractivity contribution is 5.85. The average Bonchev–Trinajstić information content (AvgIpc) is 3.23. The molecule has 0 bridgehead atoms. The van der Waals surface area contributed by atoms with Crippen molar-refractivity contribution in [2.75, 3.05) is 20.1 Å². The molecular weight excluding hydrogens is 333 g/mol. The van der Waals surface area contributed by atoms with Crippen LogP contribution < -0.4 is 10.1 Å². The molecule has 0 heterocycles. The number of hydrogen-bond acceptors (Lipinski definition) is 3. The second-order valence-electron chi connectivity index (χ2n) is 5.52. The topological polar surface area (TPSA) is 41.6 Å². The number of amides is 1. The quantitative estimate of drug-likeness (QED) is 0.820. The van der Waals surface area contributed by atoms with Gasteiger partial charge in [0.2, 0.25) is 5.91 Å². The summed E-state index contributed by atoms with van der Waals surface area (Å²) in [6, 6.07) is 5.52. The first-order valence-electron chi connectivity index (χ1n) is 7.13. The van der Waals surface area contributed by atoms with E-state index in [9.17, 15) is 18.0 Å². The molecule has 0 saturated heterocycles. The lowest BCUT2D eigenvalue weighted by Crippen LogP contribution is -2.35. The van der Waals surface area contributed by atoms with E-state index in [0.29, 0.717) is 12.5 Å². The molecule has 1 aliphatic rings. The van der Waals surface area contributed by atoms with Crippen LogP contribution in [0.5, 0.6) is 5.75 Å².